The summed E-state index contributed by atoms with van der Waals surface area (Å²) < 4.78 is 5.42. The second-order valence-electron chi connectivity index (χ2n) is 6.16. The zero-order valence-corrected chi connectivity index (χ0v) is 14.4. The number of aryl methyl sites for hydroxylation is 1. The molecule has 0 saturated carbocycles. The zero-order chi connectivity index (χ0) is 18.0. The van der Waals surface area contributed by atoms with Gasteiger partial charge in [0.1, 0.15) is 11.3 Å². The minimum Gasteiger partial charge on any atom is -0.504 e. The van der Waals surface area contributed by atoms with Crippen LogP contribution in [0.1, 0.15) is 18.9 Å². The van der Waals surface area contributed by atoms with Crippen molar-refractivity contribution in [2.45, 2.75) is 19.8 Å². The SMILES string of the molecule is C=C(C)CCc1cc(-c2ccccc2)nc2c(O)c(O)cc(OC)c12. The summed E-state index contributed by atoms with van der Waals surface area (Å²) >= 11 is 0. The Labute approximate surface area is 147 Å². The highest BCUT2D eigenvalue weighted by Crippen LogP contribution is 2.42. The molecule has 1 heterocycles. The number of rotatable bonds is 5. The van der Waals surface area contributed by atoms with Crippen molar-refractivity contribution in [1.29, 1.82) is 0 Å². The smallest absolute Gasteiger partial charge is 0.184 e. The first kappa shape index (κ1) is 16.8. The summed E-state index contributed by atoms with van der Waals surface area (Å²) in [6.45, 7) is 5.96. The average Bonchev–Trinajstić information content (AvgIpc) is 2.63. The van der Waals surface area contributed by atoms with E-state index in [4.69, 9.17) is 4.74 Å². The van der Waals surface area contributed by atoms with Gasteiger partial charge in [0.05, 0.1) is 12.8 Å². The first-order valence-electron chi connectivity index (χ1n) is 8.13. The molecule has 2 N–H and O–H groups in total. The molecule has 0 spiro atoms. The van der Waals surface area contributed by atoms with Gasteiger partial charge in [-0.15, -0.1) is 6.58 Å². The van der Waals surface area contributed by atoms with Gasteiger partial charge in [0, 0.05) is 17.0 Å². The van der Waals surface area contributed by atoms with Gasteiger partial charge in [-0.1, -0.05) is 35.9 Å². The van der Waals surface area contributed by atoms with Crippen LogP contribution in [0.25, 0.3) is 22.2 Å². The Hall–Kier alpha value is -3.01. The normalized spacial score (nSPS) is 10.8. The first-order valence-corrected chi connectivity index (χ1v) is 8.13. The summed E-state index contributed by atoms with van der Waals surface area (Å²) in [6.07, 6.45) is 1.56. The molecule has 0 aliphatic rings. The number of nitrogens with zero attached hydrogens (tertiary/aromatic N) is 1. The molecule has 3 aromatic rings. The summed E-state index contributed by atoms with van der Waals surface area (Å²) in [6, 6.07) is 13.2. The van der Waals surface area contributed by atoms with Crippen LogP contribution >= 0.6 is 0 Å². The fourth-order valence-electron chi connectivity index (χ4n) is 2.89. The minimum absolute atomic E-state index is 0.231. The number of aromatic nitrogens is 1. The van der Waals surface area contributed by atoms with Crippen LogP contribution in [-0.4, -0.2) is 22.3 Å². The molecule has 0 saturated heterocycles. The lowest BCUT2D eigenvalue weighted by atomic mass is 9.98. The van der Waals surface area contributed by atoms with Gasteiger partial charge in [-0.3, -0.25) is 0 Å². The molecule has 0 bridgehead atoms. The standard InChI is InChI=1S/C21H21NO3/c1-13(2)9-10-15-11-16(14-7-5-4-6-8-14)22-20-19(15)18(25-3)12-17(23)21(20)24/h4-8,11-12,23-24H,1,9-10H2,2-3H3. The maximum Gasteiger partial charge on any atom is 0.184 e. The molecular formula is C21H21NO3. The molecule has 0 aliphatic heterocycles. The molecule has 0 fully saturated rings. The van der Waals surface area contributed by atoms with Crippen LogP contribution in [0.15, 0.2) is 54.6 Å². The Morgan fingerprint density at radius 2 is 1.88 bits per heavy atom. The predicted molar refractivity (Wildman–Crippen MR) is 100 cm³/mol. The van der Waals surface area contributed by atoms with Gasteiger partial charge in [0.25, 0.3) is 0 Å². The van der Waals surface area contributed by atoms with E-state index in [9.17, 15) is 10.2 Å². The van der Waals surface area contributed by atoms with Crippen molar-refractivity contribution in [3.05, 3.63) is 60.2 Å². The van der Waals surface area contributed by atoms with E-state index in [1.807, 2.05) is 43.3 Å². The molecule has 0 atom stereocenters. The third kappa shape index (κ3) is 3.29. The van der Waals surface area contributed by atoms with Crippen LogP contribution in [0.3, 0.4) is 0 Å². The maximum atomic E-state index is 10.4. The summed E-state index contributed by atoms with van der Waals surface area (Å²) in [4.78, 5) is 4.59. The van der Waals surface area contributed by atoms with Gasteiger partial charge >= 0.3 is 0 Å². The lowest BCUT2D eigenvalue weighted by Gasteiger charge is -2.15. The highest BCUT2D eigenvalue weighted by atomic mass is 16.5. The number of hydrogen-bond acceptors (Lipinski definition) is 4. The van der Waals surface area contributed by atoms with Crippen molar-refractivity contribution < 1.29 is 14.9 Å². The van der Waals surface area contributed by atoms with E-state index in [2.05, 4.69) is 11.6 Å². The van der Waals surface area contributed by atoms with Crippen molar-refractivity contribution in [3.63, 3.8) is 0 Å². The molecule has 3 rings (SSSR count). The highest BCUT2D eigenvalue weighted by Gasteiger charge is 2.18. The number of benzene rings is 2. The molecule has 0 aliphatic carbocycles. The maximum absolute atomic E-state index is 10.4. The van der Waals surface area contributed by atoms with Crippen molar-refractivity contribution in [1.82, 2.24) is 4.98 Å². The number of methoxy groups -OCH3 is 1. The Bertz CT molecular complexity index is 933. The summed E-state index contributed by atoms with van der Waals surface area (Å²) in [5, 5.41) is 21.1. The summed E-state index contributed by atoms with van der Waals surface area (Å²) in [5.41, 5.74) is 4.11. The third-order valence-corrected chi connectivity index (χ3v) is 4.19. The molecular weight excluding hydrogens is 314 g/mol. The van der Waals surface area contributed by atoms with Gasteiger partial charge in [-0.25, -0.2) is 4.98 Å². The van der Waals surface area contributed by atoms with Gasteiger partial charge < -0.3 is 14.9 Å². The second kappa shape index (κ2) is 6.85. The fraction of sp³-hybridized carbons (Fsp3) is 0.190. The van der Waals surface area contributed by atoms with Crippen LogP contribution < -0.4 is 4.74 Å². The Morgan fingerprint density at radius 3 is 2.52 bits per heavy atom. The van der Waals surface area contributed by atoms with Crippen LogP contribution in [0.2, 0.25) is 0 Å². The van der Waals surface area contributed by atoms with Crippen molar-refractivity contribution in [2.24, 2.45) is 0 Å². The van der Waals surface area contributed by atoms with Crippen molar-refractivity contribution in [2.75, 3.05) is 7.11 Å². The lowest BCUT2D eigenvalue weighted by Crippen LogP contribution is -1.97. The quantitative estimate of drug-likeness (QED) is 0.518. The number of phenolic OH excluding ortho intramolecular Hbond substituents is 2. The second-order valence-corrected chi connectivity index (χ2v) is 6.16. The highest BCUT2D eigenvalue weighted by molar-refractivity contribution is 5.96. The van der Waals surface area contributed by atoms with E-state index in [0.717, 1.165) is 40.6 Å². The van der Waals surface area contributed by atoms with Crippen LogP contribution in [0, 0.1) is 0 Å². The monoisotopic (exact) mass is 335 g/mol. The van der Waals surface area contributed by atoms with E-state index >= 15 is 0 Å². The van der Waals surface area contributed by atoms with E-state index in [0.29, 0.717) is 11.3 Å². The van der Waals surface area contributed by atoms with E-state index in [1.165, 1.54) is 6.07 Å². The van der Waals surface area contributed by atoms with Crippen molar-refractivity contribution in [3.8, 4) is 28.5 Å². The average molecular weight is 335 g/mol. The molecule has 0 amide bonds. The summed E-state index contributed by atoms with van der Waals surface area (Å²) in [5.74, 6) is 0.0206. The number of pyridine rings is 1. The molecule has 2 aromatic carbocycles. The fourth-order valence-corrected chi connectivity index (χ4v) is 2.89. The molecule has 128 valence electrons. The molecule has 1 aromatic heterocycles. The number of fused-ring (bicyclic) bond motifs is 1. The van der Waals surface area contributed by atoms with Gasteiger partial charge in [-0.05, 0) is 31.4 Å². The third-order valence-electron chi connectivity index (χ3n) is 4.19. The van der Waals surface area contributed by atoms with Gasteiger partial charge in [-0.2, -0.15) is 0 Å². The number of hydrogen-bond donors (Lipinski definition) is 2. The van der Waals surface area contributed by atoms with Crippen LogP contribution in [0.4, 0.5) is 0 Å². The number of aromatic hydroxyl groups is 2. The number of allylic oxidation sites excluding steroid dienone is 1. The van der Waals surface area contributed by atoms with Crippen LogP contribution in [-0.2, 0) is 6.42 Å². The Balaban J connectivity index is 2.31. The predicted octanol–water partition coefficient (Wildman–Crippen LogP) is 4.83. The molecule has 0 unspecified atom stereocenters. The Morgan fingerprint density at radius 1 is 1.16 bits per heavy atom. The first-order chi connectivity index (χ1) is 12.0. The Kier molecular flexibility index (Phi) is 4.61. The lowest BCUT2D eigenvalue weighted by molar-refractivity contribution is 0.392. The minimum atomic E-state index is -0.243. The number of phenols is 2. The molecule has 4 heteroatoms. The van der Waals surface area contributed by atoms with Crippen LogP contribution in [0.5, 0.6) is 17.2 Å². The molecule has 25 heavy (non-hydrogen) atoms. The van der Waals surface area contributed by atoms with Gasteiger partial charge in [0.15, 0.2) is 11.5 Å². The van der Waals surface area contributed by atoms with Crippen molar-refractivity contribution >= 4 is 10.9 Å². The van der Waals surface area contributed by atoms with Gasteiger partial charge in [0.2, 0.25) is 0 Å². The van der Waals surface area contributed by atoms with E-state index in [1.54, 1.807) is 7.11 Å². The summed E-state index contributed by atoms with van der Waals surface area (Å²) in [7, 11) is 1.54. The largest absolute Gasteiger partial charge is 0.504 e. The molecule has 4 nitrogen and oxygen atoms in total. The zero-order valence-electron chi connectivity index (χ0n) is 14.4. The van der Waals surface area contributed by atoms with E-state index < -0.39 is 0 Å². The van der Waals surface area contributed by atoms with E-state index in [-0.39, 0.29) is 11.5 Å². The number of ether oxygens (including phenoxy) is 1. The topological polar surface area (TPSA) is 62.6 Å². The molecule has 0 radical (unpaired) electrons.